The van der Waals surface area contributed by atoms with Gasteiger partial charge in [0.2, 0.25) is 0 Å². The van der Waals surface area contributed by atoms with E-state index in [1.807, 2.05) is 4.90 Å². The number of amides is 1. The van der Waals surface area contributed by atoms with E-state index in [1.165, 1.54) is 0 Å². The minimum atomic E-state index is 0.0404. The molecule has 0 spiro atoms. The van der Waals surface area contributed by atoms with Crippen LogP contribution in [0.5, 0.6) is 0 Å². The molecule has 0 radical (unpaired) electrons. The maximum atomic E-state index is 12.4. The number of nitrogens with two attached hydrogens (primary N) is 1. The van der Waals surface area contributed by atoms with Crippen molar-refractivity contribution in [3.8, 4) is 0 Å². The molecule has 2 heterocycles. The van der Waals surface area contributed by atoms with Crippen LogP contribution >= 0.6 is 0 Å². The number of nitrogens with zero attached hydrogens (tertiary/aromatic N) is 3. The van der Waals surface area contributed by atoms with Gasteiger partial charge in [0.25, 0.3) is 5.91 Å². The first-order valence-corrected chi connectivity index (χ1v) is 6.61. The molecule has 0 aromatic carbocycles. The van der Waals surface area contributed by atoms with Crippen molar-refractivity contribution in [1.82, 2.24) is 14.8 Å². The molecule has 19 heavy (non-hydrogen) atoms. The highest BCUT2D eigenvalue weighted by molar-refractivity contribution is 5.94. The summed E-state index contributed by atoms with van der Waals surface area (Å²) in [7, 11) is 0. The van der Waals surface area contributed by atoms with Crippen LogP contribution in [0.1, 0.15) is 24.2 Å². The fourth-order valence-electron chi connectivity index (χ4n) is 2.44. The quantitative estimate of drug-likeness (QED) is 0.615. The Hall–Kier alpha value is -1.66. The number of pyridine rings is 1. The zero-order valence-corrected chi connectivity index (χ0v) is 11.5. The Morgan fingerprint density at radius 2 is 2.32 bits per heavy atom. The second-order valence-electron chi connectivity index (χ2n) is 4.81. The van der Waals surface area contributed by atoms with Crippen LogP contribution in [0, 0.1) is 0 Å². The molecular formula is C13H21N5O. The van der Waals surface area contributed by atoms with Crippen molar-refractivity contribution < 1.29 is 4.79 Å². The minimum Gasteiger partial charge on any atom is -0.336 e. The van der Waals surface area contributed by atoms with Gasteiger partial charge in [-0.2, -0.15) is 0 Å². The van der Waals surface area contributed by atoms with E-state index < -0.39 is 0 Å². The van der Waals surface area contributed by atoms with Gasteiger partial charge in [-0.1, -0.05) is 6.92 Å². The van der Waals surface area contributed by atoms with Gasteiger partial charge in [-0.25, -0.2) is 10.8 Å². The molecule has 0 saturated carbocycles. The molecule has 1 aliphatic heterocycles. The van der Waals surface area contributed by atoms with Crippen molar-refractivity contribution in [2.24, 2.45) is 5.84 Å². The molecule has 1 unspecified atom stereocenters. The first-order chi connectivity index (χ1) is 9.15. The van der Waals surface area contributed by atoms with E-state index in [9.17, 15) is 4.79 Å². The van der Waals surface area contributed by atoms with Gasteiger partial charge in [0.05, 0.1) is 5.56 Å². The maximum Gasteiger partial charge on any atom is 0.255 e. The lowest BCUT2D eigenvalue weighted by molar-refractivity contribution is 0.0528. The van der Waals surface area contributed by atoms with E-state index in [0.29, 0.717) is 17.4 Å². The van der Waals surface area contributed by atoms with Crippen LogP contribution in [-0.2, 0) is 0 Å². The first kappa shape index (κ1) is 13.8. The average Bonchev–Trinajstić information content (AvgIpc) is 2.46. The number of hydrogen-bond acceptors (Lipinski definition) is 5. The lowest BCUT2D eigenvalue weighted by Crippen LogP contribution is -2.53. The number of nitrogen functional groups attached to an aromatic ring is 1. The third-order valence-electron chi connectivity index (χ3n) is 3.62. The Bertz CT molecular complexity index is 433. The molecule has 1 aromatic rings. The van der Waals surface area contributed by atoms with Crippen molar-refractivity contribution in [1.29, 1.82) is 0 Å². The number of carbonyl (C=O) groups is 1. The summed E-state index contributed by atoms with van der Waals surface area (Å²) < 4.78 is 0. The molecular weight excluding hydrogens is 242 g/mol. The van der Waals surface area contributed by atoms with Crippen LogP contribution in [0.3, 0.4) is 0 Å². The zero-order valence-electron chi connectivity index (χ0n) is 11.5. The summed E-state index contributed by atoms with van der Waals surface area (Å²) in [5.74, 6) is 5.85. The molecule has 3 N–H and O–H groups in total. The smallest absolute Gasteiger partial charge is 0.255 e. The predicted molar refractivity (Wildman–Crippen MR) is 74.7 cm³/mol. The van der Waals surface area contributed by atoms with Crippen LogP contribution in [0.4, 0.5) is 5.82 Å². The summed E-state index contributed by atoms with van der Waals surface area (Å²) >= 11 is 0. The van der Waals surface area contributed by atoms with Crippen LogP contribution in [-0.4, -0.2) is 52.9 Å². The third-order valence-corrected chi connectivity index (χ3v) is 3.62. The Balaban J connectivity index is 2.03. The van der Waals surface area contributed by atoms with Crippen molar-refractivity contribution in [2.75, 3.05) is 31.6 Å². The number of anilines is 1. The van der Waals surface area contributed by atoms with E-state index in [0.717, 1.165) is 26.2 Å². The summed E-state index contributed by atoms with van der Waals surface area (Å²) in [6.07, 6.45) is 1.56. The molecule has 6 nitrogen and oxygen atoms in total. The molecule has 1 fully saturated rings. The van der Waals surface area contributed by atoms with Crippen LogP contribution in [0.15, 0.2) is 18.3 Å². The van der Waals surface area contributed by atoms with Gasteiger partial charge in [0.1, 0.15) is 5.82 Å². The van der Waals surface area contributed by atoms with Crippen LogP contribution in [0.25, 0.3) is 0 Å². The molecule has 1 amide bonds. The predicted octanol–water partition coefficient (Wildman–Crippen LogP) is 0.533. The number of rotatable bonds is 3. The number of piperazine rings is 1. The van der Waals surface area contributed by atoms with Gasteiger partial charge in [-0.05, 0) is 25.6 Å². The van der Waals surface area contributed by atoms with E-state index in [1.54, 1.807) is 18.3 Å². The van der Waals surface area contributed by atoms with E-state index in [-0.39, 0.29) is 5.91 Å². The molecule has 1 saturated heterocycles. The second-order valence-corrected chi connectivity index (χ2v) is 4.81. The molecule has 6 heteroatoms. The van der Waals surface area contributed by atoms with Crippen molar-refractivity contribution >= 4 is 11.7 Å². The van der Waals surface area contributed by atoms with Gasteiger partial charge in [-0.15, -0.1) is 0 Å². The number of carbonyl (C=O) groups excluding carboxylic acids is 1. The number of hydrazine groups is 1. The van der Waals surface area contributed by atoms with Crippen molar-refractivity contribution in [2.45, 2.75) is 19.9 Å². The minimum absolute atomic E-state index is 0.0404. The first-order valence-electron chi connectivity index (χ1n) is 6.61. The highest BCUT2D eigenvalue weighted by atomic mass is 16.2. The van der Waals surface area contributed by atoms with Crippen LogP contribution < -0.4 is 11.3 Å². The fourth-order valence-corrected chi connectivity index (χ4v) is 2.44. The Morgan fingerprint density at radius 3 is 2.84 bits per heavy atom. The van der Waals surface area contributed by atoms with Gasteiger partial charge in [0.15, 0.2) is 0 Å². The standard InChI is InChI=1S/C13H21N5O/c1-3-17-6-7-18(9-10(17)2)13(19)11-4-5-12(16-14)15-8-11/h4-5,8,10H,3,6-7,9,14H2,1-2H3,(H,15,16). The zero-order chi connectivity index (χ0) is 13.8. The second kappa shape index (κ2) is 5.99. The van der Waals surface area contributed by atoms with Crippen molar-refractivity contribution in [3.63, 3.8) is 0 Å². The lowest BCUT2D eigenvalue weighted by atomic mass is 10.1. The molecule has 0 aliphatic carbocycles. The topological polar surface area (TPSA) is 74.5 Å². The largest absolute Gasteiger partial charge is 0.336 e. The molecule has 1 atom stereocenters. The van der Waals surface area contributed by atoms with Gasteiger partial charge in [-0.3, -0.25) is 9.69 Å². The Labute approximate surface area is 113 Å². The maximum absolute atomic E-state index is 12.4. The highest BCUT2D eigenvalue weighted by Gasteiger charge is 2.26. The summed E-state index contributed by atoms with van der Waals surface area (Å²) in [6.45, 7) is 7.80. The lowest BCUT2D eigenvalue weighted by Gasteiger charge is -2.39. The summed E-state index contributed by atoms with van der Waals surface area (Å²) in [5.41, 5.74) is 3.06. The molecule has 0 bridgehead atoms. The van der Waals surface area contributed by atoms with E-state index in [2.05, 4.69) is 29.2 Å². The third kappa shape index (κ3) is 3.02. The van der Waals surface area contributed by atoms with E-state index >= 15 is 0 Å². The van der Waals surface area contributed by atoms with Gasteiger partial charge >= 0.3 is 0 Å². The Morgan fingerprint density at radius 1 is 1.53 bits per heavy atom. The summed E-state index contributed by atoms with van der Waals surface area (Å²) in [6, 6.07) is 3.86. The van der Waals surface area contributed by atoms with Crippen LogP contribution in [0.2, 0.25) is 0 Å². The number of hydrogen-bond donors (Lipinski definition) is 2. The number of aromatic nitrogens is 1. The molecule has 2 rings (SSSR count). The molecule has 1 aromatic heterocycles. The average molecular weight is 263 g/mol. The van der Waals surface area contributed by atoms with E-state index in [4.69, 9.17) is 5.84 Å². The normalized spacial score (nSPS) is 20.4. The summed E-state index contributed by atoms with van der Waals surface area (Å²) in [4.78, 5) is 20.7. The van der Waals surface area contributed by atoms with Crippen molar-refractivity contribution in [3.05, 3.63) is 23.9 Å². The number of likely N-dealkylation sites (N-methyl/N-ethyl adjacent to an activating group) is 1. The fraction of sp³-hybridized carbons (Fsp3) is 0.538. The number of nitrogens with one attached hydrogen (secondary N) is 1. The molecule has 1 aliphatic rings. The highest BCUT2D eigenvalue weighted by Crippen LogP contribution is 2.13. The summed E-state index contributed by atoms with van der Waals surface area (Å²) in [5, 5.41) is 0. The Kier molecular flexibility index (Phi) is 4.34. The monoisotopic (exact) mass is 263 g/mol. The molecule has 104 valence electrons. The van der Waals surface area contributed by atoms with Gasteiger partial charge < -0.3 is 10.3 Å². The van der Waals surface area contributed by atoms with Gasteiger partial charge in [0, 0.05) is 31.9 Å². The SMILES string of the molecule is CCN1CCN(C(=O)c2ccc(NN)nc2)CC1C.